The lowest BCUT2D eigenvalue weighted by atomic mass is 10.4. The van der Waals surface area contributed by atoms with Gasteiger partial charge in [-0.3, -0.25) is 5.10 Å². The lowest BCUT2D eigenvalue weighted by Gasteiger charge is -1.97. The van der Waals surface area contributed by atoms with E-state index < -0.39 is 0 Å². The lowest BCUT2D eigenvalue weighted by Crippen LogP contribution is -2.03. The van der Waals surface area contributed by atoms with Gasteiger partial charge in [0.25, 0.3) is 0 Å². The van der Waals surface area contributed by atoms with E-state index in [4.69, 9.17) is 5.73 Å². The largest absolute Gasteiger partial charge is 0.327 e. The molecule has 0 aliphatic carbocycles. The van der Waals surface area contributed by atoms with E-state index in [1.54, 1.807) is 11.8 Å². The van der Waals surface area contributed by atoms with Gasteiger partial charge in [-0.25, -0.2) is 4.98 Å². The van der Waals surface area contributed by atoms with E-state index >= 15 is 0 Å². The van der Waals surface area contributed by atoms with Gasteiger partial charge in [-0.15, -0.1) is 5.10 Å². The van der Waals surface area contributed by atoms with Gasteiger partial charge in [0.15, 0.2) is 0 Å². The summed E-state index contributed by atoms with van der Waals surface area (Å²) in [4.78, 5) is 4.13. The van der Waals surface area contributed by atoms with Crippen molar-refractivity contribution < 1.29 is 0 Å². The number of aromatic amines is 1. The summed E-state index contributed by atoms with van der Waals surface area (Å²) in [5.74, 6) is 1.62. The molecule has 3 N–H and O–H groups in total. The summed E-state index contributed by atoms with van der Waals surface area (Å²) in [6.07, 6.45) is 0. The highest BCUT2D eigenvalue weighted by molar-refractivity contribution is 7.99. The Hall–Kier alpha value is -0.810. The third-order valence-corrected chi connectivity index (χ3v) is 2.26. The molecule has 1 rings (SSSR count). The highest BCUT2D eigenvalue weighted by Gasteiger charge is 2.00. The van der Waals surface area contributed by atoms with Crippen LogP contribution < -0.4 is 5.73 Å². The van der Waals surface area contributed by atoms with Crippen LogP contribution in [0.4, 0.5) is 0 Å². The molecule has 1 heterocycles. The molecule has 1 aromatic heterocycles. The predicted octanol–water partition coefficient (Wildman–Crippen LogP) is 0.720. The molecule has 0 bridgehead atoms. The van der Waals surface area contributed by atoms with Crippen LogP contribution in [0, 0.1) is 6.92 Å². The predicted molar refractivity (Wildman–Crippen MR) is 50.0 cm³/mol. The minimum Gasteiger partial charge on any atom is -0.327 e. The highest BCUT2D eigenvalue weighted by atomic mass is 32.2. The van der Waals surface area contributed by atoms with Gasteiger partial charge in [0, 0.05) is 12.3 Å². The van der Waals surface area contributed by atoms with Crippen molar-refractivity contribution in [1.82, 2.24) is 15.2 Å². The monoisotopic (exact) mass is 184 g/mol. The summed E-state index contributed by atoms with van der Waals surface area (Å²) in [7, 11) is 0. The topological polar surface area (TPSA) is 67.6 Å². The average molecular weight is 184 g/mol. The van der Waals surface area contributed by atoms with Gasteiger partial charge in [-0.1, -0.05) is 23.9 Å². The second-order valence-electron chi connectivity index (χ2n) is 2.45. The summed E-state index contributed by atoms with van der Waals surface area (Å²) in [5.41, 5.74) is 6.38. The highest BCUT2D eigenvalue weighted by Crippen LogP contribution is 2.14. The molecular formula is C7H12N4S. The molecule has 4 nitrogen and oxygen atoms in total. The minimum atomic E-state index is 0.524. The van der Waals surface area contributed by atoms with E-state index in [0.717, 1.165) is 22.3 Å². The van der Waals surface area contributed by atoms with Crippen LogP contribution in [0.3, 0.4) is 0 Å². The summed E-state index contributed by atoms with van der Waals surface area (Å²) in [5, 5.41) is 7.49. The molecule has 0 aliphatic heterocycles. The minimum absolute atomic E-state index is 0.524. The zero-order valence-corrected chi connectivity index (χ0v) is 7.82. The first-order valence-corrected chi connectivity index (χ1v) is 4.59. The molecule has 0 spiro atoms. The number of aryl methyl sites for hydroxylation is 1. The molecule has 0 saturated heterocycles. The van der Waals surface area contributed by atoms with Crippen molar-refractivity contribution in [2.75, 3.05) is 12.3 Å². The second kappa shape index (κ2) is 4.27. The Morgan fingerprint density at radius 2 is 2.50 bits per heavy atom. The molecule has 0 radical (unpaired) electrons. The number of nitrogens with two attached hydrogens (primary N) is 1. The Kier molecular flexibility index (Phi) is 3.31. The first kappa shape index (κ1) is 9.28. The Labute approximate surface area is 75.6 Å². The third-order valence-electron chi connectivity index (χ3n) is 1.27. The summed E-state index contributed by atoms with van der Waals surface area (Å²) < 4.78 is 0. The van der Waals surface area contributed by atoms with Gasteiger partial charge < -0.3 is 5.73 Å². The van der Waals surface area contributed by atoms with Crippen molar-refractivity contribution in [3.05, 3.63) is 18.0 Å². The van der Waals surface area contributed by atoms with Gasteiger partial charge in [-0.2, -0.15) is 0 Å². The van der Waals surface area contributed by atoms with Crippen LogP contribution in [0.15, 0.2) is 17.3 Å². The van der Waals surface area contributed by atoms with Gasteiger partial charge in [0.2, 0.25) is 5.16 Å². The maximum Gasteiger partial charge on any atom is 0.208 e. The molecule has 0 saturated carbocycles. The number of nitrogens with one attached hydrogen (secondary N) is 1. The SMILES string of the molecule is C=C(CN)CSc1n[nH]c(C)n1. The standard InChI is InChI=1S/C7H12N4S/c1-5(3-8)4-12-7-9-6(2)10-11-7/h1,3-4,8H2,2H3,(H,9,10,11). The van der Waals surface area contributed by atoms with Gasteiger partial charge in [0.1, 0.15) is 5.82 Å². The number of hydrogen-bond donors (Lipinski definition) is 2. The van der Waals surface area contributed by atoms with Crippen molar-refractivity contribution in [2.24, 2.45) is 5.73 Å². The molecule has 0 fully saturated rings. The lowest BCUT2D eigenvalue weighted by molar-refractivity contribution is 0.969. The Morgan fingerprint density at radius 1 is 1.75 bits per heavy atom. The van der Waals surface area contributed by atoms with Gasteiger partial charge >= 0.3 is 0 Å². The molecule has 12 heavy (non-hydrogen) atoms. The van der Waals surface area contributed by atoms with Crippen LogP contribution in [-0.2, 0) is 0 Å². The van der Waals surface area contributed by atoms with E-state index in [9.17, 15) is 0 Å². The maximum absolute atomic E-state index is 5.38. The number of H-pyrrole nitrogens is 1. The van der Waals surface area contributed by atoms with Crippen LogP contribution >= 0.6 is 11.8 Å². The number of hydrogen-bond acceptors (Lipinski definition) is 4. The first-order chi connectivity index (χ1) is 5.72. The molecule has 0 amide bonds. The van der Waals surface area contributed by atoms with Crippen LogP contribution in [0.1, 0.15) is 5.82 Å². The molecule has 1 aromatic rings. The summed E-state index contributed by atoms with van der Waals surface area (Å²) in [6, 6.07) is 0. The molecule has 66 valence electrons. The Bertz CT molecular complexity index is 268. The normalized spacial score (nSPS) is 10.2. The van der Waals surface area contributed by atoms with Gasteiger partial charge in [-0.05, 0) is 6.92 Å². The van der Waals surface area contributed by atoms with Gasteiger partial charge in [0.05, 0.1) is 0 Å². The number of thioether (sulfide) groups is 1. The number of aromatic nitrogens is 3. The third kappa shape index (κ3) is 2.67. The van der Waals surface area contributed by atoms with Crippen molar-refractivity contribution in [3.8, 4) is 0 Å². The Balaban J connectivity index is 2.38. The molecular weight excluding hydrogens is 172 g/mol. The fourth-order valence-electron chi connectivity index (χ4n) is 0.612. The van der Waals surface area contributed by atoms with E-state index in [1.807, 2.05) is 6.92 Å². The zero-order valence-electron chi connectivity index (χ0n) is 7.00. The van der Waals surface area contributed by atoms with Crippen LogP contribution in [0.25, 0.3) is 0 Å². The van der Waals surface area contributed by atoms with E-state index in [2.05, 4.69) is 21.8 Å². The van der Waals surface area contributed by atoms with E-state index in [0.29, 0.717) is 6.54 Å². The molecule has 0 atom stereocenters. The summed E-state index contributed by atoms with van der Waals surface area (Å²) in [6.45, 7) is 6.18. The fraction of sp³-hybridized carbons (Fsp3) is 0.429. The average Bonchev–Trinajstić information content (AvgIpc) is 2.47. The van der Waals surface area contributed by atoms with Crippen molar-refractivity contribution in [3.63, 3.8) is 0 Å². The van der Waals surface area contributed by atoms with E-state index in [1.165, 1.54) is 0 Å². The van der Waals surface area contributed by atoms with Crippen LogP contribution in [0.5, 0.6) is 0 Å². The Morgan fingerprint density at radius 3 is 3.00 bits per heavy atom. The van der Waals surface area contributed by atoms with E-state index in [-0.39, 0.29) is 0 Å². The molecule has 5 heteroatoms. The van der Waals surface area contributed by atoms with Crippen molar-refractivity contribution >= 4 is 11.8 Å². The maximum atomic E-state index is 5.38. The first-order valence-electron chi connectivity index (χ1n) is 3.61. The van der Waals surface area contributed by atoms with Crippen molar-refractivity contribution in [2.45, 2.75) is 12.1 Å². The molecule has 0 aromatic carbocycles. The second-order valence-corrected chi connectivity index (χ2v) is 3.39. The number of rotatable bonds is 4. The fourth-order valence-corrected chi connectivity index (χ4v) is 1.38. The smallest absolute Gasteiger partial charge is 0.208 e. The number of nitrogens with zero attached hydrogens (tertiary/aromatic N) is 2. The zero-order chi connectivity index (χ0) is 8.97. The molecule has 0 aliphatic rings. The van der Waals surface area contributed by atoms with Crippen LogP contribution in [-0.4, -0.2) is 27.5 Å². The van der Waals surface area contributed by atoms with Crippen molar-refractivity contribution in [1.29, 1.82) is 0 Å². The quantitative estimate of drug-likeness (QED) is 0.534. The summed E-state index contributed by atoms with van der Waals surface area (Å²) >= 11 is 1.54. The van der Waals surface area contributed by atoms with Crippen LogP contribution in [0.2, 0.25) is 0 Å². The molecule has 0 unspecified atom stereocenters.